The highest BCUT2D eigenvalue weighted by atomic mass is 16.5. The molecule has 0 radical (unpaired) electrons. The Labute approximate surface area is 115 Å². The first-order chi connectivity index (χ1) is 9.08. The first-order valence-corrected chi connectivity index (χ1v) is 7.16. The standard InChI is InChI=1S/C17H22O2/c1-10-8-11(2)16-12(3)15(10)9-19-17(16)13-4-6-14(18)7-5-13/h4-8,10,12,15-18H,9H2,1-3H3/t10-,12-,15-,16+,17-/m0/s1. The summed E-state index contributed by atoms with van der Waals surface area (Å²) in [4.78, 5) is 0. The first kappa shape index (κ1) is 12.7. The molecule has 1 heterocycles. The topological polar surface area (TPSA) is 29.5 Å². The van der Waals surface area contributed by atoms with Gasteiger partial charge in [-0.3, -0.25) is 0 Å². The largest absolute Gasteiger partial charge is 0.508 e. The summed E-state index contributed by atoms with van der Waals surface area (Å²) >= 11 is 0. The van der Waals surface area contributed by atoms with E-state index in [-0.39, 0.29) is 6.10 Å². The van der Waals surface area contributed by atoms with Gasteiger partial charge in [0.15, 0.2) is 0 Å². The van der Waals surface area contributed by atoms with Crippen molar-refractivity contribution in [2.75, 3.05) is 6.61 Å². The van der Waals surface area contributed by atoms with Crippen LogP contribution in [0.2, 0.25) is 0 Å². The van der Waals surface area contributed by atoms with Gasteiger partial charge in [0.1, 0.15) is 5.75 Å². The molecule has 2 nitrogen and oxygen atoms in total. The molecule has 1 aliphatic heterocycles. The van der Waals surface area contributed by atoms with Gasteiger partial charge >= 0.3 is 0 Å². The van der Waals surface area contributed by atoms with Gasteiger partial charge in [0.05, 0.1) is 12.7 Å². The molecule has 2 aliphatic rings. The van der Waals surface area contributed by atoms with Crippen molar-refractivity contribution in [1.82, 2.24) is 0 Å². The highest BCUT2D eigenvalue weighted by Gasteiger charge is 2.43. The fraction of sp³-hybridized carbons (Fsp3) is 0.529. The highest BCUT2D eigenvalue weighted by Crippen LogP contribution is 2.49. The quantitative estimate of drug-likeness (QED) is 0.773. The van der Waals surface area contributed by atoms with E-state index in [1.54, 1.807) is 12.1 Å². The monoisotopic (exact) mass is 258 g/mol. The Morgan fingerprint density at radius 1 is 1.16 bits per heavy atom. The van der Waals surface area contributed by atoms with Crippen molar-refractivity contribution in [1.29, 1.82) is 0 Å². The molecular formula is C17H22O2. The fourth-order valence-corrected chi connectivity index (χ4v) is 3.91. The second-order valence-electron chi connectivity index (χ2n) is 6.16. The van der Waals surface area contributed by atoms with Crippen LogP contribution in [0.5, 0.6) is 5.75 Å². The van der Waals surface area contributed by atoms with Gasteiger partial charge in [0, 0.05) is 5.92 Å². The molecule has 1 aliphatic carbocycles. The maximum Gasteiger partial charge on any atom is 0.115 e. The maximum atomic E-state index is 9.42. The van der Waals surface area contributed by atoms with Gasteiger partial charge in [0.2, 0.25) is 0 Å². The lowest BCUT2D eigenvalue weighted by atomic mass is 9.64. The summed E-state index contributed by atoms with van der Waals surface area (Å²) in [6, 6.07) is 7.47. The number of phenols is 1. The lowest BCUT2D eigenvalue weighted by molar-refractivity contribution is -0.0934. The van der Waals surface area contributed by atoms with Crippen molar-refractivity contribution < 1.29 is 9.84 Å². The average molecular weight is 258 g/mol. The van der Waals surface area contributed by atoms with Crippen molar-refractivity contribution in [3.8, 4) is 5.75 Å². The summed E-state index contributed by atoms with van der Waals surface area (Å²) in [6.45, 7) is 7.73. The molecule has 0 amide bonds. The minimum atomic E-state index is 0.135. The number of benzene rings is 1. The van der Waals surface area contributed by atoms with Gasteiger partial charge < -0.3 is 9.84 Å². The number of hydrogen-bond donors (Lipinski definition) is 1. The van der Waals surface area contributed by atoms with Crippen molar-refractivity contribution in [3.63, 3.8) is 0 Å². The molecule has 19 heavy (non-hydrogen) atoms. The third-order valence-corrected chi connectivity index (χ3v) is 4.98. The molecule has 2 bridgehead atoms. The summed E-state index contributed by atoms with van der Waals surface area (Å²) < 4.78 is 6.16. The molecule has 0 spiro atoms. The van der Waals surface area contributed by atoms with E-state index in [1.165, 1.54) is 11.1 Å². The van der Waals surface area contributed by atoms with E-state index in [0.29, 0.717) is 29.4 Å². The predicted octanol–water partition coefficient (Wildman–Crippen LogP) is 3.93. The van der Waals surface area contributed by atoms with Crippen LogP contribution in [0, 0.1) is 23.7 Å². The van der Waals surface area contributed by atoms with E-state index in [0.717, 1.165) is 6.61 Å². The van der Waals surface area contributed by atoms with E-state index >= 15 is 0 Å². The van der Waals surface area contributed by atoms with Crippen LogP contribution in [-0.2, 0) is 4.74 Å². The molecule has 0 aromatic heterocycles. The zero-order chi connectivity index (χ0) is 13.6. The minimum absolute atomic E-state index is 0.135. The molecule has 102 valence electrons. The van der Waals surface area contributed by atoms with Crippen LogP contribution in [-0.4, -0.2) is 11.7 Å². The lowest BCUT2D eigenvalue weighted by Gasteiger charge is -2.47. The summed E-state index contributed by atoms with van der Waals surface area (Å²) in [6.07, 6.45) is 2.56. The summed E-state index contributed by atoms with van der Waals surface area (Å²) in [5, 5.41) is 9.42. The Morgan fingerprint density at radius 3 is 2.53 bits per heavy atom. The molecular weight excluding hydrogens is 236 g/mol. The SMILES string of the molecule is CC1=C[C@H](C)[C@@H]2CO[C@@H](c3ccc(O)cc3)[C@H]1[C@H]2C. The number of allylic oxidation sites excluding steroid dienone is 1. The molecule has 2 heteroatoms. The lowest BCUT2D eigenvalue weighted by Crippen LogP contribution is -2.42. The van der Waals surface area contributed by atoms with Gasteiger partial charge in [-0.05, 0) is 42.4 Å². The average Bonchev–Trinajstić information content (AvgIpc) is 2.37. The second kappa shape index (κ2) is 4.68. The molecule has 3 rings (SSSR count). The van der Waals surface area contributed by atoms with Gasteiger partial charge in [0.25, 0.3) is 0 Å². The Hall–Kier alpha value is -1.28. The maximum absolute atomic E-state index is 9.42. The molecule has 0 unspecified atom stereocenters. The Kier molecular flexibility index (Phi) is 3.14. The molecule has 1 aromatic rings. The summed E-state index contributed by atoms with van der Waals surface area (Å²) in [7, 11) is 0. The minimum Gasteiger partial charge on any atom is -0.508 e. The fourth-order valence-electron chi connectivity index (χ4n) is 3.91. The van der Waals surface area contributed by atoms with Crippen molar-refractivity contribution >= 4 is 0 Å². The summed E-state index contributed by atoms with van der Waals surface area (Å²) in [5.41, 5.74) is 2.63. The van der Waals surface area contributed by atoms with Crippen LogP contribution in [0.25, 0.3) is 0 Å². The Bertz CT molecular complexity index is 488. The normalized spacial score (nSPS) is 37.8. The van der Waals surface area contributed by atoms with E-state index in [4.69, 9.17) is 4.74 Å². The van der Waals surface area contributed by atoms with E-state index in [1.807, 2.05) is 12.1 Å². The smallest absolute Gasteiger partial charge is 0.115 e. The number of hydrogen-bond acceptors (Lipinski definition) is 2. The van der Waals surface area contributed by atoms with E-state index in [2.05, 4.69) is 26.8 Å². The van der Waals surface area contributed by atoms with Gasteiger partial charge in [-0.1, -0.05) is 37.6 Å². The Balaban J connectivity index is 1.96. The van der Waals surface area contributed by atoms with E-state index < -0.39 is 0 Å². The number of phenolic OH excluding ortho intramolecular Hbond substituents is 1. The van der Waals surface area contributed by atoms with Crippen LogP contribution in [0.1, 0.15) is 32.4 Å². The number of aromatic hydroxyl groups is 1. The molecule has 5 atom stereocenters. The zero-order valence-corrected chi connectivity index (χ0v) is 11.8. The van der Waals surface area contributed by atoms with Crippen LogP contribution in [0.15, 0.2) is 35.9 Å². The van der Waals surface area contributed by atoms with Gasteiger partial charge in [-0.15, -0.1) is 0 Å². The van der Waals surface area contributed by atoms with Crippen molar-refractivity contribution in [2.45, 2.75) is 26.9 Å². The van der Waals surface area contributed by atoms with Gasteiger partial charge in [-0.2, -0.15) is 0 Å². The molecule has 1 fully saturated rings. The van der Waals surface area contributed by atoms with Gasteiger partial charge in [-0.25, -0.2) is 0 Å². The first-order valence-electron chi connectivity index (χ1n) is 7.16. The van der Waals surface area contributed by atoms with Crippen LogP contribution in [0.3, 0.4) is 0 Å². The summed E-state index contributed by atoms with van der Waals surface area (Å²) in [5.74, 6) is 2.70. The predicted molar refractivity (Wildman–Crippen MR) is 75.9 cm³/mol. The number of fused-ring (bicyclic) bond motifs is 2. The van der Waals surface area contributed by atoms with Crippen LogP contribution in [0.4, 0.5) is 0 Å². The highest BCUT2D eigenvalue weighted by molar-refractivity contribution is 5.30. The number of rotatable bonds is 1. The molecule has 0 saturated carbocycles. The van der Waals surface area contributed by atoms with Crippen molar-refractivity contribution in [3.05, 3.63) is 41.5 Å². The van der Waals surface area contributed by atoms with Crippen molar-refractivity contribution in [2.24, 2.45) is 23.7 Å². The Morgan fingerprint density at radius 2 is 1.84 bits per heavy atom. The van der Waals surface area contributed by atoms with Crippen LogP contribution < -0.4 is 0 Å². The number of ether oxygens (including phenoxy) is 1. The van der Waals surface area contributed by atoms with Crippen LogP contribution >= 0.6 is 0 Å². The third kappa shape index (κ3) is 2.08. The third-order valence-electron chi connectivity index (χ3n) is 4.98. The molecule has 1 saturated heterocycles. The van der Waals surface area contributed by atoms with E-state index in [9.17, 15) is 5.11 Å². The molecule has 1 N–H and O–H groups in total. The zero-order valence-electron chi connectivity index (χ0n) is 11.8. The second-order valence-corrected chi connectivity index (χ2v) is 6.16. The molecule has 1 aromatic carbocycles.